The van der Waals surface area contributed by atoms with Crippen LogP contribution in [0.4, 0.5) is 0 Å². The minimum atomic E-state index is -0.858. The standard InChI is InChI=1S/C52H95NO5/c1-3-5-7-9-11-13-15-20-24-28-32-36-40-44-50(55)49(48-54)53-51(56)45-41-37-33-29-25-22-18-17-19-23-27-31-35-39-43-47-58-52(57)46-42-38-34-30-26-21-16-14-12-10-8-6-4-2/h14,16-17,19,23,27,40,44,49-50,54-55H,3-13,15,18,20-22,24-26,28-39,41-43,45-48H2,1-2H3,(H,53,56)/b16-14-,19-17-,27-23-,44-40+. The van der Waals surface area contributed by atoms with E-state index in [0.29, 0.717) is 19.4 Å². The number of carbonyl (C=O) groups excluding carboxylic acids is 2. The first kappa shape index (κ1) is 55.8. The normalized spacial score (nSPS) is 13.1. The Balaban J connectivity index is 3.58. The first-order chi connectivity index (χ1) is 28.5. The minimum Gasteiger partial charge on any atom is -0.466 e. The molecule has 3 N–H and O–H groups in total. The van der Waals surface area contributed by atoms with E-state index in [4.69, 9.17) is 4.74 Å². The zero-order valence-corrected chi connectivity index (χ0v) is 38.3. The molecule has 0 aromatic carbocycles. The van der Waals surface area contributed by atoms with Gasteiger partial charge in [-0.1, -0.05) is 191 Å². The lowest BCUT2D eigenvalue weighted by Gasteiger charge is -2.20. The van der Waals surface area contributed by atoms with Crippen LogP contribution in [0.3, 0.4) is 0 Å². The van der Waals surface area contributed by atoms with E-state index in [9.17, 15) is 19.8 Å². The fourth-order valence-corrected chi connectivity index (χ4v) is 7.20. The molecule has 2 atom stereocenters. The van der Waals surface area contributed by atoms with Crippen molar-refractivity contribution < 1.29 is 24.5 Å². The van der Waals surface area contributed by atoms with Crippen molar-refractivity contribution in [2.75, 3.05) is 13.2 Å². The van der Waals surface area contributed by atoms with Crippen molar-refractivity contribution >= 4 is 11.9 Å². The Morgan fingerprint density at radius 3 is 1.34 bits per heavy atom. The van der Waals surface area contributed by atoms with Gasteiger partial charge in [-0.3, -0.25) is 9.59 Å². The van der Waals surface area contributed by atoms with Gasteiger partial charge in [-0.25, -0.2) is 0 Å². The van der Waals surface area contributed by atoms with Crippen molar-refractivity contribution in [1.29, 1.82) is 0 Å². The van der Waals surface area contributed by atoms with E-state index in [0.717, 1.165) is 77.0 Å². The molecular weight excluding hydrogens is 719 g/mol. The Morgan fingerprint density at radius 1 is 0.483 bits per heavy atom. The summed E-state index contributed by atoms with van der Waals surface area (Å²) in [6, 6.07) is -0.644. The van der Waals surface area contributed by atoms with Crippen LogP contribution >= 0.6 is 0 Å². The molecule has 338 valence electrons. The molecule has 0 aliphatic rings. The number of esters is 1. The minimum absolute atomic E-state index is 0.0332. The third-order valence-corrected chi connectivity index (χ3v) is 11.1. The van der Waals surface area contributed by atoms with Crippen LogP contribution in [0.2, 0.25) is 0 Å². The first-order valence-electron chi connectivity index (χ1n) is 24.9. The Morgan fingerprint density at radius 2 is 0.862 bits per heavy atom. The van der Waals surface area contributed by atoms with Crippen LogP contribution in [0.5, 0.6) is 0 Å². The Labute approximate surface area is 359 Å². The Bertz CT molecular complexity index is 988. The van der Waals surface area contributed by atoms with E-state index < -0.39 is 12.1 Å². The smallest absolute Gasteiger partial charge is 0.305 e. The molecule has 0 bridgehead atoms. The summed E-state index contributed by atoms with van der Waals surface area (Å²) in [4.78, 5) is 24.4. The molecule has 0 aromatic rings. The maximum atomic E-state index is 12.4. The van der Waals surface area contributed by atoms with E-state index in [1.165, 1.54) is 141 Å². The summed E-state index contributed by atoms with van der Waals surface area (Å²) in [5, 5.41) is 23.0. The first-order valence-corrected chi connectivity index (χ1v) is 24.9. The number of rotatable bonds is 45. The zero-order valence-electron chi connectivity index (χ0n) is 38.3. The predicted octanol–water partition coefficient (Wildman–Crippen LogP) is 14.7. The van der Waals surface area contributed by atoms with Crippen molar-refractivity contribution in [2.45, 2.75) is 257 Å². The molecule has 0 fully saturated rings. The van der Waals surface area contributed by atoms with E-state index in [1.54, 1.807) is 6.08 Å². The summed E-state index contributed by atoms with van der Waals surface area (Å²) in [7, 11) is 0. The highest BCUT2D eigenvalue weighted by Gasteiger charge is 2.18. The van der Waals surface area contributed by atoms with Gasteiger partial charge in [0.2, 0.25) is 5.91 Å². The summed E-state index contributed by atoms with van der Waals surface area (Å²) >= 11 is 0. The SMILES string of the molecule is CCCCCC/C=C\CCCCCCCC(=O)OCCCCC/C=C\C=C/CCCCCCCCC(=O)NC(CO)C(O)/C=C/CCCCCCCCCCCCC. The number of aliphatic hydroxyl groups excluding tert-OH is 2. The number of hydrogen-bond acceptors (Lipinski definition) is 5. The van der Waals surface area contributed by atoms with Crippen molar-refractivity contribution in [3.63, 3.8) is 0 Å². The van der Waals surface area contributed by atoms with Gasteiger partial charge in [0.25, 0.3) is 0 Å². The van der Waals surface area contributed by atoms with Gasteiger partial charge in [0.05, 0.1) is 25.4 Å². The molecule has 0 saturated heterocycles. The lowest BCUT2D eigenvalue weighted by Crippen LogP contribution is -2.45. The van der Waals surface area contributed by atoms with Gasteiger partial charge >= 0.3 is 5.97 Å². The number of amides is 1. The number of unbranched alkanes of at least 4 members (excludes halogenated alkanes) is 29. The molecule has 1 amide bonds. The highest BCUT2D eigenvalue weighted by Crippen LogP contribution is 2.14. The highest BCUT2D eigenvalue weighted by molar-refractivity contribution is 5.76. The lowest BCUT2D eigenvalue weighted by atomic mass is 10.0. The number of nitrogens with one attached hydrogen (secondary N) is 1. The van der Waals surface area contributed by atoms with Crippen molar-refractivity contribution in [3.8, 4) is 0 Å². The van der Waals surface area contributed by atoms with Crippen molar-refractivity contribution in [2.24, 2.45) is 0 Å². The summed E-state index contributed by atoms with van der Waals surface area (Å²) < 4.78 is 5.42. The summed E-state index contributed by atoms with van der Waals surface area (Å²) in [5.74, 6) is -0.126. The second-order valence-electron chi connectivity index (χ2n) is 16.8. The van der Waals surface area contributed by atoms with Crippen LogP contribution in [-0.4, -0.2) is 47.4 Å². The van der Waals surface area contributed by atoms with Gasteiger partial charge in [0.1, 0.15) is 0 Å². The number of carbonyl (C=O) groups is 2. The molecule has 0 aliphatic heterocycles. The average molecular weight is 814 g/mol. The van der Waals surface area contributed by atoms with E-state index in [1.807, 2.05) is 6.08 Å². The van der Waals surface area contributed by atoms with Gasteiger partial charge in [-0.2, -0.15) is 0 Å². The average Bonchev–Trinajstić information content (AvgIpc) is 3.22. The number of aliphatic hydroxyl groups is 2. The van der Waals surface area contributed by atoms with Crippen LogP contribution in [0.15, 0.2) is 48.6 Å². The van der Waals surface area contributed by atoms with Crippen LogP contribution < -0.4 is 5.32 Å². The zero-order chi connectivity index (χ0) is 42.3. The molecule has 0 heterocycles. The number of ether oxygens (including phenoxy) is 1. The molecule has 58 heavy (non-hydrogen) atoms. The monoisotopic (exact) mass is 814 g/mol. The Hall–Kier alpha value is -2.18. The topological polar surface area (TPSA) is 95.9 Å². The molecule has 0 saturated carbocycles. The van der Waals surface area contributed by atoms with Gasteiger partial charge in [-0.05, 0) is 89.9 Å². The molecular formula is C52H95NO5. The predicted molar refractivity (Wildman–Crippen MR) is 250 cm³/mol. The van der Waals surface area contributed by atoms with Crippen LogP contribution in [0.1, 0.15) is 245 Å². The Kier molecular flexibility index (Phi) is 45.7. The molecule has 2 unspecified atom stereocenters. The maximum absolute atomic E-state index is 12.4. The largest absolute Gasteiger partial charge is 0.466 e. The molecule has 0 aliphatic carbocycles. The molecule has 0 spiro atoms. The van der Waals surface area contributed by atoms with Crippen LogP contribution in [0.25, 0.3) is 0 Å². The molecule has 0 radical (unpaired) electrons. The highest BCUT2D eigenvalue weighted by atomic mass is 16.5. The molecule has 6 heteroatoms. The lowest BCUT2D eigenvalue weighted by molar-refractivity contribution is -0.143. The second kappa shape index (κ2) is 47.5. The third kappa shape index (κ3) is 43.4. The maximum Gasteiger partial charge on any atom is 0.305 e. The third-order valence-electron chi connectivity index (χ3n) is 11.1. The molecule has 6 nitrogen and oxygen atoms in total. The van der Waals surface area contributed by atoms with E-state index in [2.05, 4.69) is 55.6 Å². The van der Waals surface area contributed by atoms with Crippen LogP contribution in [0, 0.1) is 0 Å². The molecule has 0 rings (SSSR count). The summed E-state index contributed by atoms with van der Waals surface area (Å²) in [6.45, 7) is 4.81. The van der Waals surface area contributed by atoms with Gasteiger partial charge in [0.15, 0.2) is 0 Å². The van der Waals surface area contributed by atoms with Gasteiger partial charge < -0.3 is 20.3 Å². The van der Waals surface area contributed by atoms with Crippen LogP contribution in [-0.2, 0) is 14.3 Å². The summed E-state index contributed by atoms with van der Waals surface area (Å²) in [6.07, 6.45) is 58.2. The van der Waals surface area contributed by atoms with Gasteiger partial charge in [0, 0.05) is 12.8 Å². The fourth-order valence-electron chi connectivity index (χ4n) is 7.20. The summed E-state index contributed by atoms with van der Waals surface area (Å²) in [5.41, 5.74) is 0. The molecule has 0 aromatic heterocycles. The van der Waals surface area contributed by atoms with E-state index >= 15 is 0 Å². The fraction of sp³-hybridized carbons (Fsp3) is 0.808. The van der Waals surface area contributed by atoms with Crippen molar-refractivity contribution in [1.82, 2.24) is 5.32 Å². The van der Waals surface area contributed by atoms with Gasteiger partial charge in [-0.15, -0.1) is 0 Å². The van der Waals surface area contributed by atoms with E-state index in [-0.39, 0.29) is 18.5 Å². The quantitative estimate of drug-likeness (QED) is 0.0246. The number of hydrogen-bond donors (Lipinski definition) is 3. The second-order valence-corrected chi connectivity index (χ2v) is 16.8. The number of allylic oxidation sites excluding steroid dienone is 7. The van der Waals surface area contributed by atoms with Crippen molar-refractivity contribution in [3.05, 3.63) is 48.6 Å².